The molecule has 4 heteroatoms. The zero-order valence-corrected chi connectivity index (χ0v) is 25.5. The summed E-state index contributed by atoms with van der Waals surface area (Å²) in [6.07, 6.45) is 17.0. The lowest BCUT2D eigenvalue weighted by atomic mass is 9.66. The number of fused-ring (bicyclic) bond motifs is 3. The van der Waals surface area contributed by atoms with E-state index in [0.717, 1.165) is 48.3 Å². The van der Waals surface area contributed by atoms with Crippen molar-refractivity contribution < 1.29 is 14.6 Å². The van der Waals surface area contributed by atoms with Crippen LogP contribution in [0.3, 0.4) is 0 Å². The number of likely N-dealkylation sites (N-methyl/N-ethyl adjacent to an activating group) is 1. The lowest BCUT2D eigenvalue weighted by molar-refractivity contribution is -0.126. The topological polar surface area (TPSA) is 49.8 Å². The minimum Gasteiger partial charge on any atom is -0.508 e. The van der Waals surface area contributed by atoms with Crippen LogP contribution in [-0.2, 0) is 10.2 Å². The van der Waals surface area contributed by atoms with Gasteiger partial charge in [-0.3, -0.25) is 4.79 Å². The van der Waals surface area contributed by atoms with E-state index in [1.54, 1.807) is 0 Å². The Bertz CT molecular complexity index is 961. The first-order valence-corrected chi connectivity index (χ1v) is 15.5. The molecule has 0 saturated carbocycles. The highest BCUT2D eigenvalue weighted by molar-refractivity contribution is 5.93. The highest BCUT2D eigenvalue weighted by atomic mass is 16.5. The maximum absolute atomic E-state index is 13.4. The summed E-state index contributed by atoms with van der Waals surface area (Å²) in [7, 11) is 1.94. The van der Waals surface area contributed by atoms with Gasteiger partial charge in [-0.1, -0.05) is 91.6 Å². The third kappa shape index (κ3) is 7.36. The first kappa shape index (κ1) is 30.6. The number of aromatic hydroxyl groups is 1. The fourth-order valence-corrected chi connectivity index (χ4v) is 6.58. The Hall–Kier alpha value is -1.97. The molecule has 0 aromatic heterocycles. The number of amides is 1. The lowest BCUT2D eigenvalue weighted by Gasteiger charge is -2.47. The Morgan fingerprint density at radius 1 is 1.03 bits per heavy atom. The SMILES string of the molecule is CCCCCCCCN(C)C(=O)C1=CC[C@@H]2C(C1)c1c(O)cc(C(C)(C)CCCCCC)cc1OC2(C)C. The second-order valence-corrected chi connectivity index (χ2v) is 13.2. The molecule has 38 heavy (non-hydrogen) atoms. The molecule has 3 rings (SSSR count). The van der Waals surface area contributed by atoms with Gasteiger partial charge in [-0.15, -0.1) is 0 Å². The molecule has 1 amide bonds. The molecule has 1 N–H and O–H groups in total. The number of phenols is 1. The predicted molar refractivity (Wildman–Crippen MR) is 159 cm³/mol. The van der Waals surface area contributed by atoms with E-state index in [4.69, 9.17) is 4.74 Å². The molecule has 0 radical (unpaired) electrons. The van der Waals surface area contributed by atoms with Gasteiger partial charge in [0, 0.05) is 36.6 Å². The molecule has 0 spiro atoms. The van der Waals surface area contributed by atoms with Gasteiger partial charge in [0.1, 0.15) is 17.1 Å². The van der Waals surface area contributed by atoms with Crippen molar-refractivity contribution in [2.24, 2.45) is 5.92 Å². The van der Waals surface area contributed by atoms with Crippen LogP contribution >= 0.6 is 0 Å². The summed E-state index contributed by atoms with van der Waals surface area (Å²) in [6.45, 7) is 14.2. The van der Waals surface area contributed by atoms with Crippen LogP contribution in [0.1, 0.15) is 142 Å². The number of carbonyl (C=O) groups excluding carboxylic acids is 1. The van der Waals surface area contributed by atoms with Crippen molar-refractivity contribution >= 4 is 5.91 Å². The maximum atomic E-state index is 13.4. The van der Waals surface area contributed by atoms with Gasteiger partial charge in [0.05, 0.1) is 0 Å². The van der Waals surface area contributed by atoms with Gasteiger partial charge in [-0.25, -0.2) is 0 Å². The van der Waals surface area contributed by atoms with Gasteiger partial charge in [0.15, 0.2) is 0 Å². The second kappa shape index (κ2) is 13.4. The Morgan fingerprint density at radius 2 is 1.66 bits per heavy atom. The molecule has 4 nitrogen and oxygen atoms in total. The zero-order valence-electron chi connectivity index (χ0n) is 25.5. The minimum absolute atomic E-state index is 0.0303. The van der Waals surface area contributed by atoms with Crippen molar-refractivity contribution in [2.45, 2.75) is 142 Å². The van der Waals surface area contributed by atoms with Gasteiger partial charge in [-0.2, -0.15) is 0 Å². The number of nitrogens with zero attached hydrogens (tertiary/aromatic N) is 1. The number of rotatable bonds is 14. The van der Waals surface area contributed by atoms with Crippen molar-refractivity contribution in [2.75, 3.05) is 13.6 Å². The fraction of sp³-hybridized carbons (Fsp3) is 0.735. The fourth-order valence-electron chi connectivity index (χ4n) is 6.58. The predicted octanol–water partition coefficient (Wildman–Crippen LogP) is 9.05. The molecular weight excluding hydrogens is 470 g/mol. The summed E-state index contributed by atoms with van der Waals surface area (Å²) in [6, 6.07) is 4.15. The van der Waals surface area contributed by atoms with E-state index in [1.807, 2.05) is 18.0 Å². The number of hydrogen-bond donors (Lipinski definition) is 1. The van der Waals surface area contributed by atoms with Crippen LogP contribution in [0.2, 0.25) is 0 Å². The molecule has 2 aliphatic rings. The number of benzene rings is 1. The first-order valence-electron chi connectivity index (χ1n) is 15.5. The number of ether oxygens (including phenoxy) is 1. The van der Waals surface area contributed by atoms with E-state index < -0.39 is 0 Å². The first-order chi connectivity index (χ1) is 18.0. The third-order valence-electron chi connectivity index (χ3n) is 9.21. The van der Waals surface area contributed by atoms with Crippen molar-refractivity contribution in [3.05, 3.63) is 34.9 Å². The van der Waals surface area contributed by atoms with E-state index in [0.29, 0.717) is 12.2 Å². The number of carbonyl (C=O) groups is 1. The molecule has 1 aliphatic carbocycles. The zero-order chi connectivity index (χ0) is 27.9. The molecule has 214 valence electrons. The van der Waals surface area contributed by atoms with Gasteiger partial charge in [0.2, 0.25) is 5.91 Å². The molecule has 2 atom stereocenters. The van der Waals surface area contributed by atoms with Crippen molar-refractivity contribution in [1.82, 2.24) is 4.90 Å². The Balaban J connectivity index is 1.75. The smallest absolute Gasteiger partial charge is 0.249 e. The standard InChI is InChI=1S/C34H55NO3/c1-8-10-12-14-15-17-21-35(7)32(37)25-18-19-28-27(22-25)31-29(36)23-26(24-30(31)38-34(28,5)6)33(3,4)20-16-13-11-9-2/h18,23-24,27-28,36H,8-17,19-22H2,1-7H3/t27?,28-/m1/s1. The second-order valence-electron chi connectivity index (χ2n) is 13.2. The van der Waals surface area contributed by atoms with Crippen LogP contribution < -0.4 is 4.74 Å². The van der Waals surface area contributed by atoms with E-state index >= 15 is 0 Å². The Kier molecular flexibility index (Phi) is 10.8. The highest BCUT2D eigenvalue weighted by Crippen LogP contribution is 2.55. The molecule has 1 aromatic carbocycles. The normalized spacial score (nSPS) is 20.2. The van der Waals surface area contributed by atoms with Crippen LogP contribution in [0.4, 0.5) is 0 Å². The van der Waals surface area contributed by atoms with Crippen LogP contribution in [0.5, 0.6) is 11.5 Å². The minimum atomic E-state index is -0.358. The van der Waals surface area contributed by atoms with Crippen molar-refractivity contribution in [1.29, 1.82) is 0 Å². The largest absolute Gasteiger partial charge is 0.508 e. The molecule has 1 aromatic rings. The summed E-state index contributed by atoms with van der Waals surface area (Å²) in [5, 5.41) is 11.4. The van der Waals surface area contributed by atoms with Crippen molar-refractivity contribution in [3.8, 4) is 11.5 Å². The monoisotopic (exact) mass is 525 g/mol. The van der Waals surface area contributed by atoms with Gasteiger partial charge >= 0.3 is 0 Å². The number of phenolic OH excluding ortho intramolecular Hbond substituents is 1. The summed E-state index contributed by atoms with van der Waals surface area (Å²) in [5.41, 5.74) is 2.54. The van der Waals surface area contributed by atoms with E-state index in [9.17, 15) is 9.90 Å². The summed E-state index contributed by atoms with van der Waals surface area (Å²) in [4.78, 5) is 15.3. The number of unbranched alkanes of at least 4 members (excludes halogenated alkanes) is 8. The van der Waals surface area contributed by atoms with Gasteiger partial charge < -0.3 is 14.7 Å². The summed E-state index contributed by atoms with van der Waals surface area (Å²) >= 11 is 0. The lowest BCUT2D eigenvalue weighted by Crippen LogP contribution is -2.46. The molecule has 1 unspecified atom stereocenters. The van der Waals surface area contributed by atoms with Crippen LogP contribution in [0.25, 0.3) is 0 Å². The molecule has 1 aliphatic heterocycles. The molecule has 0 bridgehead atoms. The molecule has 1 heterocycles. The molecular formula is C34H55NO3. The quantitative estimate of drug-likeness (QED) is 0.246. The van der Waals surface area contributed by atoms with Gasteiger partial charge in [-0.05, 0) is 62.6 Å². The Morgan fingerprint density at radius 3 is 2.34 bits per heavy atom. The average Bonchev–Trinajstić information content (AvgIpc) is 2.87. The van der Waals surface area contributed by atoms with Crippen LogP contribution in [0, 0.1) is 5.92 Å². The third-order valence-corrected chi connectivity index (χ3v) is 9.21. The van der Waals surface area contributed by atoms with Crippen LogP contribution in [0.15, 0.2) is 23.8 Å². The van der Waals surface area contributed by atoms with E-state index in [1.165, 1.54) is 57.8 Å². The molecule has 0 fully saturated rings. The summed E-state index contributed by atoms with van der Waals surface area (Å²) in [5.74, 6) is 1.60. The maximum Gasteiger partial charge on any atom is 0.249 e. The molecule has 0 saturated heterocycles. The highest BCUT2D eigenvalue weighted by Gasteiger charge is 2.47. The van der Waals surface area contributed by atoms with E-state index in [2.05, 4.69) is 53.7 Å². The van der Waals surface area contributed by atoms with Crippen LogP contribution in [-0.4, -0.2) is 35.1 Å². The van der Waals surface area contributed by atoms with E-state index in [-0.39, 0.29) is 28.8 Å². The number of hydrogen-bond acceptors (Lipinski definition) is 3. The number of allylic oxidation sites excluding steroid dienone is 1. The van der Waals surface area contributed by atoms with Gasteiger partial charge in [0.25, 0.3) is 0 Å². The van der Waals surface area contributed by atoms with Crippen molar-refractivity contribution in [3.63, 3.8) is 0 Å². The summed E-state index contributed by atoms with van der Waals surface area (Å²) < 4.78 is 6.60. The Labute approximate surface area is 233 Å². The average molecular weight is 526 g/mol.